The van der Waals surface area contributed by atoms with E-state index in [0.717, 1.165) is 13.0 Å². The molecule has 0 radical (unpaired) electrons. The van der Waals surface area contributed by atoms with E-state index in [1.54, 1.807) is 19.1 Å². The molecule has 1 saturated heterocycles. The normalized spacial score (nSPS) is 25.2. The minimum atomic E-state index is -0.646. The maximum Gasteiger partial charge on any atom is 0.146 e. The molecule has 0 bridgehead atoms. The van der Waals surface area contributed by atoms with Crippen molar-refractivity contribution in [2.75, 3.05) is 18.6 Å². The summed E-state index contributed by atoms with van der Waals surface area (Å²) in [6, 6.07) is 5.09. The van der Waals surface area contributed by atoms with Gasteiger partial charge in [-0.2, -0.15) is 0 Å². The largest absolute Gasteiger partial charge is 0.389 e. The van der Waals surface area contributed by atoms with Crippen molar-refractivity contribution in [2.24, 2.45) is 0 Å². The molecule has 3 atom stereocenters. The average molecular weight is 253 g/mol. The van der Waals surface area contributed by atoms with Crippen LogP contribution in [-0.4, -0.2) is 30.9 Å². The summed E-state index contributed by atoms with van der Waals surface area (Å²) in [5.41, 5.74) is 1.15. The molecule has 1 N–H and O–H groups in total. The van der Waals surface area contributed by atoms with Gasteiger partial charge >= 0.3 is 0 Å². The first-order valence-corrected chi connectivity index (χ1v) is 6.32. The third kappa shape index (κ3) is 2.49. The molecule has 2 rings (SSSR count). The van der Waals surface area contributed by atoms with Gasteiger partial charge in [-0.1, -0.05) is 6.07 Å². The summed E-state index contributed by atoms with van der Waals surface area (Å²) in [6.07, 6.45) is 0.383. The van der Waals surface area contributed by atoms with E-state index < -0.39 is 6.10 Å². The fourth-order valence-electron chi connectivity index (χ4n) is 2.48. The van der Waals surface area contributed by atoms with Gasteiger partial charge in [0.05, 0.1) is 23.9 Å². The lowest BCUT2D eigenvalue weighted by atomic mass is 10.1. The molecule has 3 nitrogen and oxygen atoms in total. The zero-order chi connectivity index (χ0) is 13.3. The molecule has 0 aliphatic carbocycles. The third-order valence-electron chi connectivity index (χ3n) is 3.67. The minimum Gasteiger partial charge on any atom is -0.389 e. The number of ether oxygens (including phenoxy) is 1. The maximum absolute atomic E-state index is 14.0. The van der Waals surface area contributed by atoms with Gasteiger partial charge in [0.15, 0.2) is 0 Å². The standard InChI is InChI=1S/C14H20FNO2/c1-9(17)11-4-5-14(12(15)8-11)16(3)13-6-7-18-10(13)2/h4-5,8-10,13,17H,6-7H2,1-3H3/t9-,10?,13?/m0/s1. The van der Waals surface area contributed by atoms with Crippen LogP contribution in [0.15, 0.2) is 18.2 Å². The molecule has 0 aromatic heterocycles. The number of anilines is 1. The van der Waals surface area contributed by atoms with E-state index in [2.05, 4.69) is 0 Å². The monoisotopic (exact) mass is 253 g/mol. The van der Waals surface area contributed by atoms with Crippen LogP contribution in [0.25, 0.3) is 0 Å². The summed E-state index contributed by atoms with van der Waals surface area (Å²) in [5, 5.41) is 9.43. The van der Waals surface area contributed by atoms with Crippen molar-refractivity contribution in [1.82, 2.24) is 0 Å². The van der Waals surface area contributed by atoms with Gasteiger partial charge in [0, 0.05) is 13.7 Å². The molecular weight excluding hydrogens is 233 g/mol. The summed E-state index contributed by atoms with van der Waals surface area (Å²) in [4.78, 5) is 1.93. The predicted molar refractivity (Wildman–Crippen MR) is 69.3 cm³/mol. The van der Waals surface area contributed by atoms with Crippen LogP contribution in [0.2, 0.25) is 0 Å². The second-order valence-electron chi connectivity index (χ2n) is 4.93. The van der Waals surface area contributed by atoms with E-state index >= 15 is 0 Å². The predicted octanol–water partition coefficient (Wildman–Crippen LogP) is 2.49. The Balaban J connectivity index is 2.22. The molecule has 18 heavy (non-hydrogen) atoms. The molecule has 1 aromatic carbocycles. The van der Waals surface area contributed by atoms with Crippen molar-refractivity contribution in [2.45, 2.75) is 38.5 Å². The Morgan fingerprint density at radius 3 is 2.72 bits per heavy atom. The number of hydrogen-bond acceptors (Lipinski definition) is 3. The van der Waals surface area contributed by atoms with Gasteiger partial charge < -0.3 is 14.7 Å². The number of rotatable bonds is 3. The van der Waals surface area contributed by atoms with Gasteiger partial charge in [-0.05, 0) is 38.0 Å². The maximum atomic E-state index is 14.0. The van der Waals surface area contributed by atoms with Crippen molar-refractivity contribution in [3.8, 4) is 0 Å². The van der Waals surface area contributed by atoms with Gasteiger partial charge in [0.2, 0.25) is 0 Å². The SMILES string of the molecule is CC1OCCC1N(C)c1ccc([C@H](C)O)cc1F. The molecule has 1 aliphatic rings. The average Bonchev–Trinajstić information content (AvgIpc) is 2.74. The zero-order valence-corrected chi connectivity index (χ0v) is 11.1. The molecule has 100 valence electrons. The van der Waals surface area contributed by atoms with E-state index in [4.69, 9.17) is 4.74 Å². The van der Waals surface area contributed by atoms with Gasteiger partial charge in [0.1, 0.15) is 5.82 Å². The van der Waals surface area contributed by atoms with Crippen LogP contribution in [0, 0.1) is 5.82 Å². The summed E-state index contributed by atoms with van der Waals surface area (Å²) in [5.74, 6) is -0.296. The molecule has 4 heteroatoms. The lowest BCUT2D eigenvalue weighted by molar-refractivity contribution is 0.118. The highest BCUT2D eigenvalue weighted by Gasteiger charge is 2.29. The number of nitrogens with zero attached hydrogens (tertiary/aromatic N) is 1. The first-order valence-electron chi connectivity index (χ1n) is 6.32. The van der Waals surface area contributed by atoms with E-state index in [-0.39, 0.29) is 18.0 Å². The lowest BCUT2D eigenvalue weighted by Crippen LogP contribution is -2.37. The zero-order valence-electron chi connectivity index (χ0n) is 11.1. The fourth-order valence-corrected chi connectivity index (χ4v) is 2.48. The van der Waals surface area contributed by atoms with E-state index in [0.29, 0.717) is 11.3 Å². The van der Waals surface area contributed by atoms with Crippen molar-refractivity contribution < 1.29 is 14.2 Å². The molecule has 0 spiro atoms. The van der Waals surface area contributed by atoms with Gasteiger partial charge in [0.25, 0.3) is 0 Å². The van der Waals surface area contributed by atoms with Crippen LogP contribution in [0.4, 0.5) is 10.1 Å². The van der Waals surface area contributed by atoms with Gasteiger partial charge in [-0.15, -0.1) is 0 Å². The Bertz CT molecular complexity index is 422. The molecule has 0 saturated carbocycles. The number of aliphatic hydroxyl groups excluding tert-OH is 1. The Morgan fingerprint density at radius 2 is 2.22 bits per heavy atom. The van der Waals surface area contributed by atoms with Gasteiger partial charge in [-0.25, -0.2) is 4.39 Å². The number of benzene rings is 1. The number of aliphatic hydroxyl groups is 1. The molecule has 1 heterocycles. The van der Waals surface area contributed by atoms with Crippen molar-refractivity contribution in [1.29, 1.82) is 0 Å². The van der Waals surface area contributed by atoms with E-state index in [1.807, 2.05) is 18.9 Å². The first kappa shape index (κ1) is 13.3. The van der Waals surface area contributed by atoms with E-state index in [9.17, 15) is 9.50 Å². The quantitative estimate of drug-likeness (QED) is 0.898. The van der Waals surface area contributed by atoms with Crippen LogP contribution in [-0.2, 0) is 4.74 Å². The van der Waals surface area contributed by atoms with Crippen LogP contribution >= 0.6 is 0 Å². The van der Waals surface area contributed by atoms with Crippen LogP contribution in [0.5, 0.6) is 0 Å². The molecular formula is C14H20FNO2. The van der Waals surface area contributed by atoms with Crippen molar-refractivity contribution >= 4 is 5.69 Å². The molecule has 2 unspecified atom stereocenters. The van der Waals surface area contributed by atoms with Crippen LogP contribution in [0.1, 0.15) is 31.9 Å². The highest BCUT2D eigenvalue weighted by Crippen LogP contribution is 2.28. The second-order valence-corrected chi connectivity index (χ2v) is 4.93. The van der Waals surface area contributed by atoms with Crippen molar-refractivity contribution in [3.05, 3.63) is 29.6 Å². The fraction of sp³-hybridized carbons (Fsp3) is 0.571. The third-order valence-corrected chi connectivity index (χ3v) is 3.67. The Labute approximate surface area is 107 Å². The molecule has 1 aliphatic heterocycles. The summed E-state index contributed by atoms with van der Waals surface area (Å²) >= 11 is 0. The minimum absolute atomic E-state index is 0.117. The molecule has 0 amide bonds. The summed E-state index contributed by atoms with van der Waals surface area (Å²) < 4.78 is 19.6. The smallest absolute Gasteiger partial charge is 0.146 e. The number of likely N-dealkylation sites (N-methyl/N-ethyl adjacent to an activating group) is 1. The lowest BCUT2D eigenvalue weighted by Gasteiger charge is -2.29. The summed E-state index contributed by atoms with van der Waals surface area (Å²) in [7, 11) is 1.89. The van der Waals surface area contributed by atoms with Crippen LogP contribution in [0.3, 0.4) is 0 Å². The first-order chi connectivity index (χ1) is 8.50. The number of halogens is 1. The Kier molecular flexibility index (Phi) is 3.88. The van der Waals surface area contributed by atoms with Crippen LogP contribution < -0.4 is 4.90 Å². The highest BCUT2D eigenvalue weighted by atomic mass is 19.1. The van der Waals surface area contributed by atoms with E-state index in [1.165, 1.54) is 6.07 Å². The van der Waals surface area contributed by atoms with Crippen molar-refractivity contribution in [3.63, 3.8) is 0 Å². The Hall–Kier alpha value is -1.13. The Morgan fingerprint density at radius 1 is 1.50 bits per heavy atom. The summed E-state index contributed by atoms with van der Waals surface area (Å²) in [6.45, 7) is 4.37. The molecule has 1 fully saturated rings. The topological polar surface area (TPSA) is 32.7 Å². The van der Waals surface area contributed by atoms with Gasteiger partial charge in [-0.3, -0.25) is 0 Å². The highest BCUT2D eigenvalue weighted by molar-refractivity contribution is 5.50. The second kappa shape index (κ2) is 5.24. The number of hydrogen-bond donors (Lipinski definition) is 1. The molecule has 1 aromatic rings.